The van der Waals surface area contributed by atoms with Gasteiger partial charge >= 0.3 is 27.3 Å². The van der Waals surface area contributed by atoms with Gasteiger partial charge in [0.25, 0.3) is 0 Å². The zero-order valence-corrected chi connectivity index (χ0v) is 8.88. The topological polar surface area (TPSA) is 106 Å². The predicted molar refractivity (Wildman–Crippen MR) is 28.4 cm³/mol. The quantitative estimate of drug-likeness (QED) is 0.526. The van der Waals surface area contributed by atoms with E-state index in [9.17, 15) is 19.8 Å². The van der Waals surface area contributed by atoms with Gasteiger partial charge in [-0.3, -0.25) is 0 Å². The Hall–Kier alpha value is -0.178. The van der Waals surface area contributed by atoms with Crippen LogP contribution in [0.4, 0.5) is 0 Å². The molecule has 0 heterocycles. The smallest absolute Gasteiger partial charge is 0.550 e. The first-order valence-corrected chi connectivity index (χ1v) is 2.20. The minimum atomic E-state index is -1.58. The second kappa shape index (κ2) is 5.60. The first-order chi connectivity index (χ1) is 4.04. The van der Waals surface area contributed by atoms with Crippen LogP contribution in [0.15, 0.2) is 0 Å². The summed E-state index contributed by atoms with van der Waals surface area (Å²) in [4.78, 5) is 19.3. The van der Waals surface area contributed by atoms with Crippen molar-refractivity contribution in [2.75, 3.05) is 0 Å². The second-order valence-electron chi connectivity index (χ2n) is 1.50. The van der Waals surface area contributed by atoms with E-state index in [4.69, 9.17) is 5.73 Å². The number of carboxylic acids is 2. The zero-order chi connectivity index (χ0) is 7.44. The summed E-state index contributed by atoms with van der Waals surface area (Å²) in [5.41, 5.74) is 4.73. The van der Waals surface area contributed by atoms with Crippen molar-refractivity contribution in [2.45, 2.75) is 12.5 Å². The average molecular weight is 338 g/mol. The summed E-state index contributed by atoms with van der Waals surface area (Å²) in [6.07, 6.45) is -0.706. The van der Waals surface area contributed by atoms with E-state index >= 15 is 0 Å². The summed E-state index contributed by atoms with van der Waals surface area (Å²) < 4.78 is 0. The third-order valence-corrected chi connectivity index (χ3v) is 0.689. The van der Waals surface area contributed by atoms with Gasteiger partial charge in [0.2, 0.25) is 0 Å². The van der Waals surface area contributed by atoms with Crippen LogP contribution < -0.4 is 15.9 Å². The van der Waals surface area contributed by atoms with Crippen molar-refractivity contribution in [3.05, 3.63) is 0 Å². The van der Waals surface area contributed by atoms with Crippen molar-refractivity contribution in [3.63, 3.8) is 0 Å². The molecule has 0 unspecified atom stereocenters. The zero-order valence-electron chi connectivity index (χ0n) is 4.99. The molecule has 5 nitrogen and oxygen atoms in total. The van der Waals surface area contributed by atoms with Crippen molar-refractivity contribution < 1.29 is 19.8 Å². The number of aliphatic carboxylic acids is 2. The van der Waals surface area contributed by atoms with Crippen LogP contribution in [0.2, 0.25) is 0 Å². The third kappa shape index (κ3) is 5.95. The Morgan fingerprint density at radius 1 is 1.40 bits per heavy atom. The summed E-state index contributed by atoms with van der Waals surface area (Å²) in [7, 11) is 0. The molecular weight excluding hydrogens is 333 g/mol. The number of rotatable bonds is 3. The summed E-state index contributed by atoms with van der Waals surface area (Å²) >= 11 is 0. The monoisotopic (exact) mass is 339 g/mol. The van der Waals surface area contributed by atoms with E-state index < -0.39 is 24.4 Å². The molecule has 0 aromatic carbocycles. The minimum absolute atomic E-state index is 0. The molecule has 0 fully saturated rings. The Morgan fingerprint density at radius 2 is 1.80 bits per heavy atom. The minimum Gasteiger partial charge on any atom is -0.550 e. The number of nitrogens with two attached hydrogens (primary N) is 1. The Balaban J connectivity index is 0. The number of carbonyl (C=O) groups excluding carboxylic acids is 2. The van der Waals surface area contributed by atoms with E-state index in [0.29, 0.717) is 0 Å². The number of carboxylic acid groups (broad SMARTS) is 2. The molecule has 0 bridgehead atoms. The summed E-state index contributed by atoms with van der Waals surface area (Å²) in [5, 5.41) is 19.3. The molecule has 0 aliphatic heterocycles. The molecule has 0 rings (SSSR count). The number of carbonyl (C=O) groups is 2. The molecule has 6 heteroatoms. The maximum Gasteiger partial charge on any atom is 2.00 e. The normalized spacial score (nSPS) is 11.3. The van der Waals surface area contributed by atoms with E-state index in [0.717, 1.165) is 0 Å². The van der Waals surface area contributed by atoms with E-state index in [1.54, 1.807) is 0 Å². The molecule has 0 aliphatic rings. The Morgan fingerprint density at radius 3 is 1.90 bits per heavy atom. The van der Waals surface area contributed by atoms with Crippen LogP contribution in [0.25, 0.3) is 0 Å². The molecule has 0 saturated heterocycles. The predicted octanol–water partition coefficient (Wildman–Crippen LogP) is -4.18. The molecule has 0 aliphatic carbocycles. The number of hydrogen-bond donors (Lipinski definition) is 1. The Kier molecular flexibility index (Phi) is 6.99. The van der Waals surface area contributed by atoms with E-state index in [2.05, 4.69) is 0 Å². The van der Waals surface area contributed by atoms with Gasteiger partial charge in [0.1, 0.15) is 0 Å². The summed E-state index contributed by atoms with van der Waals surface area (Å²) in [5.74, 6) is -3.08. The van der Waals surface area contributed by atoms with E-state index in [1.807, 2.05) is 0 Å². The fourth-order valence-corrected chi connectivity index (χ4v) is 0.263. The maximum absolute atomic E-state index is 9.71. The third-order valence-electron chi connectivity index (χ3n) is 0.689. The van der Waals surface area contributed by atoms with Crippen LogP contribution in [0.1, 0.15) is 6.42 Å². The first kappa shape index (κ1) is 12.5. The van der Waals surface area contributed by atoms with Crippen molar-refractivity contribution in [3.8, 4) is 0 Å². The van der Waals surface area contributed by atoms with Gasteiger partial charge in [0, 0.05) is 18.4 Å². The number of hydrogen-bond acceptors (Lipinski definition) is 5. The molecular formula is C4H5NO4Pb. The van der Waals surface area contributed by atoms with Crippen LogP contribution in [0.3, 0.4) is 0 Å². The fourth-order valence-electron chi connectivity index (χ4n) is 0.263. The van der Waals surface area contributed by atoms with Gasteiger partial charge in [0.05, 0.1) is 5.97 Å². The molecule has 10 heavy (non-hydrogen) atoms. The molecule has 2 radical (unpaired) electrons. The van der Waals surface area contributed by atoms with Gasteiger partial charge in [-0.05, 0) is 0 Å². The molecule has 1 atom stereocenters. The second-order valence-corrected chi connectivity index (χ2v) is 1.50. The van der Waals surface area contributed by atoms with Crippen molar-refractivity contribution in [1.82, 2.24) is 0 Å². The van der Waals surface area contributed by atoms with Gasteiger partial charge < -0.3 is 25.5 Å². The SMILES string of the molecule is N[C@@H](CC(=O)[O-])C(=O)[O-].[Pb+2]. The van der Waals surface area contributed by atoms with Crippen molar-refractivity contribution in [1.29, 1.82) is 0 Å². The molecule has 0 aromatic heterocycles. The molecule has 0 amide bonds. The van der Waals surface area contributed by atoms with Crippen molar-refractivity contribution in [2.24, 2.45) is 5.73 Å². The van der Waals surface area contributed by atoms with Crippen LogP contribution in [-0.4, -0.2) is 45.3 Å². The van der Waals surface area contributed by atoms with Crippen LogP contribution in [-0.2, 0) is 9.59 Å². The Bertz CT molecular complexity index is 137. The fraction of sp³-hybridized carbons (Fsp3) is 0.500. The van der Waals surface area contributed by atoms with Crippen LogP contribution in [0, 0.1) is 0 Å². The molecule has 54 valence electrons. The van der Waals surface area contributed by atoms with Gasteiger partial charge in [-0.25, -0.2) is 0 Å². The van der Waals surface area contributed by atoms with Gasteiger partial charge in [-0.15, -0.1) is 0 Å². The summed E-state index contributed by atoms with van der Waals surface area (Å²) in [6.45, 7) is 0. The van der Waals surface area contributed by atoms with E-state index in [-0.39, 0.29) is 27.3 Å². The van der Waals surface area contributed by atoms with Gasteiger partial charge in [-0.2, -0.15) is 0 Å². The van der Waals surface area contributed by atoms with Crippen LogP contribution in [0.5, 0.6) is 0 Å². The van der Waals surface area contributed by atoms with Gasteiger partial charge in [-0.1, -0.05) is 0 Å². The van der Waals surface area contributed by atoms with Gasteiger partial charge in [0.15, 0.2) is 0 Å². The largest absolute Gasteiger partial charge is 2.00 e. The maximum atomic E-state index is 9.71. The Labute approximate surface area is 77.4 Å². The molecule has 0 spiro atoms. The molecule has 0 saturated carbocycles. The molecule has 2 N–H and O–H groups in total. The summed E-state index contributed by atoms with van der Waals surface area (Å²) in [6, 6.07) is -1.46. The molecule has 0 aromatic rings. The standard InChI is InChI=1S/C4H7NO4.Pb/c5-2(4(8)9)1-3(6)7;/h2H,1,5H2,(H,6,7)(H,8,9);/q;+2/p-2/t2-;/m0./s1. The van der Waals surface area contributed by atoms with E-state index in [1.165, 1.54) is 0 Å². The average Bonchev–Trinajstić information content (AvgIpc) is 1.63. The first-order valence-electron chi connectivity index (χ1n) is 2.20. The van der Waals surface area contributed by atoms with Crippen molar-refractivity contribution >= 4 is 39.2 Å². The van der Waals surface area contributed by atoms with Crippen LogP contribution >= 0.6 is 0 Å².